The number of hydrogen-bond donors (Lipinski definition) is 2. The molecule has 0 atom stereocenters. The smallest absolute Gasteiger partial charge is 0.234 e. The normalized spacial score (nSPS) is 10.3. The lowest BCUT2D eigenvalue weighted by atomic mass is 10.2. The molecule has 4 nitrogen and oxygen atoms in total. The zero-order valence-corrected chi connectivity index (χ0v) is 11.7. The number of amides is 1. The van der Waals surface area contributed by atoms with Gasteiger partial charge in [-0.15, -0.1) is 0 Å². The molecule has 0 aliphatic heterocycles. The molecule has 1 aromatic rings. The molecule has 0 unspecified atom stereocenters. The van der Waals surface area contributed by atoms with Crippen molar-refractivity contribution < 1.29 is 9.53 Å². The molecule has 3 N–H and O–H groups in total. The number of methoxy groups -OCH3 is 1. The number of nitrogen functional groups attached to an aromatic ring is 1. The van der Waals surface area contributed by atoms with Crippen molar-refractivity contribution in [2.24, 2.45) is 0 Å². The number of carbonyl (C=O) groups is 1. The van der Waals surface area contributed by atoms with Gasteiger partial charge >= 0.3 is 0 Å². The number of rotatable bonds is 7. The van der Waals surface area contributed by atoms with Gasteiger partial charge < -0.3 is 15.8 Å². The van der Waals surface area contributed by atoms with Gasteiger partial charge in [0, 0.05) is 25.1 Å². The van der Waals surface area contributed by atoms with Crippen LogP contribution in [0.4, 0.5) is 11.4 Å². The van der Waals surface area contributed by atoms with Crippen LogP contribution in [0.2, 0.25) is 0 Å². The van der Waals surface area contributed by atoms with Crippen LogP contribution < -0.4 is 11.1 Å². The van der Waals surface area contributed by atoms with Crippen molar-refractivity contribution in [1.82, 2.24) is 0 Å². The number of ether oxygens (including phenoxy) is 1. The minimum Gasteiger partial charge on any atom is -0.399 e. The highest BCUT2D eigenvalue weighted by atomic mass is 32.2. The topological polar surface area (TPSA) is 64.3 Å². The summed E-state index contributed by atoms with van der Waals surface area (Å²) in [5.41, 5.74) is 8.22. The maximum Gasteiger partial charge on any atom is 0.234 e. The standard InChI is InChI=1S/C13H20N2O2S/c1-10-8-11(4-5-12(10)14)15-13(16)9-18-7-3-6-17-2/h4-5,8H,3,6-7,9,14H2,1-2H3,(H,15,16). The largest absolute Gasteiger partial charge is 0.399 e. The highest BCUT2D eigenvalue weighted by Gasteiger charge is 2.03. The van der Waals surface area contributed by atoms with Gasteiger partial charge in [0.1, 0.15) is 0 Å². The number of carbonyl (C=O) groups excluding carboxylic acids is 1. The van der Waals surface area contributed by atoms with Gasteiger partial charge in [0.25, 0.3) is 0 Å². The van der Waals surface area contributed by atoms with Crippen LogP contribution in [0.1, 0.15) is 12.0 Å². The Morgan fingerprint density at radius 2 is 2.28 bits per heavy atom. The van der Waals surface area contributed by atoms with E-state index in [0.29, 0.717) is 5.75 Å². The van der Waals surface area contributed by atoms with E-state index in [-0.39, 0.29) is 5.91 Å². The van der Waals surface area contributed by atoms with E-state index >= 15 is 0 Å². The van der Waals surface area contributed by atoms with Gasteiger partial charge in [-0.2, -0.15) is 11.8 Å². The molecule has 0 heterocycles. The molecule has 1 aromatic carbocycles. The summed E-state index contributed by atoms with van der Waals surface area (Å²) in [5, 5.41) is 2.85. The van der Waals surface area contributed by atoms with E-state index in [1.54, 1.807) is 24.9 Å². The third kappa shape index (κ3) is 5.42. The van der Waals surface area contributed by atoms with Gasteiger partial charge in [-0.3, -0.25) is 4.79 Å². The summed E-state index contributed by atoms with van der Waals surface area (Å²) in [6, 6.07) is 5.50. The molecule has 0 aliphatic rings. The van der Waals surface area contributed by atoms with E-state index in [2.05, 4.69) is 5.32 Å². The summed E-state index contributed by atoms with van der Waals surface area (Å²) in [7, 11) is 1.68. The Labute approximate surface area is 112 Å². The van der Waals surface area contributed by atoms with Gasteiger partial charge in [0.15, 0.2) is 0 Å². The van der Waals surface area contributed by atoms with Crippen molar-refractivity contribution in [3.63, 3.8) is 0 Å². The molecule has 0 bridgehead atoms. The first-order valence-electron chi connectivity index (χ1n) is 5.86. The Kier molecular flexibility index (Phi) is 6.60. The fourth-order valence-corrected chi connectivity index (χ4v) is 2.14. The average Bonchev–Trinajstić information content (AvgIpc) is 2.34. The summed E-state index contributed by atoms with van der Waals surface area (Å²) >= 11 is 1.61. The first-order valence-corrected chi connectivity index (χ1v) is 7.01. The van der Waals surface area contributed by atoms with Crippen molar-refractivity contribution in [2.45, 2.75) is 13.3 Å². The van der Waals surface area contributed by atoms with Crippen molar-refractivity contribution >= 4 is 29.0 Å². The number of hydrogen-bond acceptors (Lipinski definition) is 4. The fourth-order valence-electron chi connectivity index (χ4n) is 1.42. The van der Waals surface area contributed by atoms with Crippen LogP contribution in [0, 0.1) is 6.92 Å². The molecule has 0 aliphatic carbocycles. The van der Waals surface area contributed by atoms with Gasteiger partial charge in [0.2, 0.25) is 5.91 Å². The van der Waals surface area contributed by atoms with Crippen LogP contribution in [-0.4, -0.2) is 31.1 Å². The number of thioether (sulfide) groups is 1. The Morgan fingerprint density at radius 3 is 2.94 bits per heavy atom. The quantitative estimate of drug-likeness (QED) is 0.588. The Bertz CT molecular complexity index is 397. The van der Waals surface area contributed by atoms with Crippen molar-refractivity contribution in [3.8, 4) is 0 Å². The Hall–Kier alpha value is -1.20. The second-order valence-corrected chi connectivity index (χ2v) is 5.12. The molecule has 1 amide bonds. The second-order valence-electron chi connectivity index (χ2n) is 4.02. The van der Waals surface area contributed by atoms with Gasteiger partial charge in [-0.05, 0) is 42.9 Å². The number of aryl methyl sites for hydroxylation is 1. The SMILES string of the molecule is COCCCSCC(=O)Nc1ccc(N)c(C)c1. The van der Waals surface area contributed by atoms with E-state index in [1.165, 1.54) is 0 Å². The van der Waals surface area contributed by atoms with E-state index in [1.807, 2.05) is 19.1 Å². The van der Waals surface area contributed by atoms with Crippen LogP contribution in [0.3, 0.4) is 0 Å². The maximum atomic E-state index is 11.6. The minimum absolute atomic E-state index is 0.0154. The van der Waals surface area contributed by atoms with Crippen molar-refractivity contribution in [3.05, 3.63) is 23.8 Å². The first kappa shape index (κ1) is 14.9. The Morgan fingerprint density at radius 1 is 1.50 bits per heavy atom. The highest BCUT2D eigenvalue weighted by molar-refractivity contribution is 7.99. The number of nitrogens with two attached hydrogens (primary N) is 1. The second kappa shape index (κ2) is 8.00. The Balaban J connectivity index is 2.29. The molecule has 5 heteroatoms. The molecule has 0 spiro atoms. The zero-order chi connectivity index (χ0) is 13.4. The first-order chi connectivity index (χ1) is 8.63. The molecule has 18 heavy (non-hydrogen) atoms. The van der Waals surface area contributed by atoms with Crippen LogP contribution in [0.25, 0.3) is 0 Å². The van der Waals surface area contributed by atoms with Crippen molar-refractivity contribution in [2.75, 3.05) is 36.3 Å². The minimum atomic E-state index is 0.0154. The lowest BCUT2D eigenvalue weighted by Gasteiger charge is -2.07. The van der Waals surface area contributed by atoms with E-state index < -0.39 is 0 Å². The number of anilines is 2. The van der Waals surface area contributed by atoms with Crippen LogP contribution in [0.15, 0.2) is 18.2 Å². The summed E-state index contributed by atoms with van der Waals surface area (Å²) in [6.45, 7) is 2.66. The monoisotopic (exact) mass is 268 g/mol. The van der Waals surface area contributed by atoms with E-state index in [9.17, 15) is 4.79 Å². The summed E-state index contributed by atoms with van der Waals surface area (Å²) < 4.78 is 4.94. The third-order valence-electron chi connectivity index (χ3n) is 2.42. The fraction of sp³-hybridized carbons (Fsp3) is 0.462. The molecule has 100 valence electrons. The predicted octanol–water partition coefficient (Wildman–Crippen LogP) is 2.29. The number of nitrogens with one attached hydrogen (secondary N) is 1. The van der Waals surface area contributed by atoms with Crippen molar-refractivity contribution in [1.29, 1.82) is 0 Å². The molecule has 1 rings (SSSR count). The van der Waals surface area contributed by atoms with Crippen LogP contribution >= 0.6 is 11.8 Å². The molecular weight excluding hydrogens is 248 g/mol. The molecule has 0 saturated heterocycles. The number of benzene rings is 1. The average molecular weight is 268 g/mol. The van der Waals surface area contributed by atoms with Crippen LogP contribution in [-0.2, 0) is 9.53 Å². The van der Waals surface area contributed by atoms with Gasteiger partial charge in [0.05, 0.1) is 5.75 Å². The van der Waals surface area contributed by atoms with E-state index in [0.717, 1.165) is 35.7 Å². The highest BCUT2D eigenvalue weighted by Crippen LogP contribution is 2.16. The summed E-state index contributed by atoms with van der Waals surface area (Å²) in [4.78, 5) is 11.6. The molecule has 0 saturated carbocycles. The maximum absolute atomic E-state index is 11.6. The molecular formula is C13H20N2O2S. The molecule has 0 radical (unpaired) electrons. The summed E-state index contributed by atoms with van der Waals surface area (Å²) in [6.07, 6.45) is 0.968. The van der Waals surface area contributed by atoms with Gasteiger partial charge in [-0.1, -0.05) is 0 Å². The molecule has 0 fully saturated rings. The lowest BCUT2D eigenvalue weighted by Crippen LogP contribution is -2.14. The van der Waals surface area contributed by atoms with Crippen LogP contribution in [0.5, 0.6) is 0 Å². The zero-order valence-electron chi connectivity index (χ0n) is 10.9. The lowest BCUT2D eigenvalue weighted by molar-refractivity contribution is -0.113. The third-order valence-corrected chi connectivity index (χ3v) is 3.47. The van der Waals surface area contributed by atoms with Gasteiger partial charge in [-0.25, -0.2) is 0 Å². The summed E-state index contributed by atoms with van der Waals surface area (Å²) in [5.74, 6) is 1.41. The predicted molar refractivity (Wildman–Crippen MR) is 78.0 cm³/mol. The van der Waals surface area contributed by atoms with E-state index in [4.69, 9.17) is 10.5 Å². The molecule has 0 aromatic heterocycles.